The number of hydrogen-bond donors (Lipinski definition) is 1. The predicted octanol–water partition coefficient (Wildman–Crippen LogP) is 2.01. The van der Waals surface area contributed by atoms with Gasteiger partial charge in [0, 0.05) is 6.20 Å². The van der Waals surface area contributed by atoms with E-state index in [4.69, 9.17) is 0 Å². The standard InChI is InChI=1S/C12H11FN2O/c1-8-14-6-5-11(15-8)12(16)9-3-2-4-10(13)7-9/h2-7,12,16H,1H3. The highest BCUT2D eigenvalue weighted by atomic mass is 19.1. The van der Waals surface area contributed by atoms with E-state index in [1.54, 1.807) is 31.3 Å². The zero-order chi connectivity index (χ0) is 11.5. The molecule has 1 unspecified atom stereocenters. The monoisotopic (exact) mass is 218 g/mol. The number of aromatic nitrogens is 2. The summed E-state index contributed by atoms with van der Waals surface area (Å²) in [6.45, 7) is 1.74. The van der Waals surface area contributed by atoms with Crippen LogP contribution >= 0.6 is 0 Å². The number of hydrogen-bond acceptors (Lipinski definition) is 3. The van der Waals surface area contributed by atoms with Crippen LogP contribution in [0.5, 0.6) is 0 Å². The van der Waals surface area contributed by atoms with Crippen molar-refractivity contribution in [1.82, 2.24) is 9.97 Å². The first-order chi connectivity index (χ1) is 7.66. The number of aliphatic hydroxyl groups excluding tert-OH is 1. The lowest BCUT2D eigenvalue weighted by molar-refractivity contribution is 0.214. The Morgan fingerprint density at radius 1 is 1.31 bits per heavy atom. The minimum Gasteiger partial charge on any atom is -0.382 e. The smallest absolute Gasteiger partial charge is 0.125 e. The van der Waals surface area contributed by atoms with Gasteiger partial charge in [-0.25, -0.2) is 14.4 Å². The van der Waals surface area contributed by atoms with Crippen molar-refractivity contribution in [3.63, 3.8) is 0 Å². The molecule has 1 N–H and O–H groups in total. The summed E-state index contributed by atoms with van der Waals surface area (Å²) < 4.78 is 13.0. The van der Waals surface area contributed by atoms with Gasteiger partial charge < -0.3 is 5.11 Å². The highest BCUT2D eigenvalue weighted by Crippen LogP contribution is 2.20. The summed E-state index contributed by atoms with van der Waals surface area (Å²) in [4.78, 5) is 8.03. The van der Waals surface area contributed by atoms with Crippen LogP contribution in [-0.2, 0) is 0 Å². The molecular weight excluding hydrogens is 207 g/mol. The van der Waals surface area contributed by atoms with E-state index in [0.29, 0.717) is 17.1 Å². The third-order valence-corrected chi connectivity index (χ3v) is 2.24. The largest absolute Gasteiger partial charge is 0.382 e. The molecule has 0 aliphatic rings. The quantitative estimate of drug-likeness (QED) is 0.838. The Balaban J connectivity index is 2.35. The molecule has 1 heterocycles. The Morgan fingerprint density at radius 2 is 2.12 bits per heavy atom. The normalized spacial score (nSPS) is 12.4. The van der Waals surface area contributed by atoms with Gasteiger partial charge in [0.15, 0.2) is 0 Å². The van der Waals surface area contributed by atoms with E-state index in [-0.39, 0.29) is 5.82 Å². The van der Waals surface area contributed by atoms with Gasteiger partial charge in [-0.05, 0) is 30.7 Å². The molecular formula is C12H11FN2O. The van der Waals surface area contributed by atoms with E-state index >= 15 is 0 Å². The molecule has 1 atom stereocenters. The third kappa shape index (κ3) is 2.23. The molecule has 4 heteroatoms. The molecule has 2 rings (SSSR count). The first-order valence-corrected chi connectivity index (χ1v) is 4.90. The Labute approximate surface area is 92.6 Å². The summed E-state index contributed by atoms with van der Waals surface area (Å²) in [6.07, 6.45) is 0.651. The topological polar surface area (TPSA) is 46.0 Å². The van der Waals surface area contributed by atoms with Crippen molar-refractivity contribution >= 4 is 0 Å². The summed E-state index contributed by atoms with van der Waals surface area (Å²) in [6, 6.07) is 7.46. The molecule has 0 radical (unpaired) electrons. The molecule has 1 aromatic carbocycles. The molecule has 0 aliphatic carbocycles. The maximum atomic E-state index is 13.0. The second-order valence-electron chi connectivity index (χ2n) is 3.49. The zero-order valence-electron chi connectivity index (χ0n) is 8.76. The summed E-state index contributed by atoms with van der Waals surface area (Å²) in [5.41, 5.74) is 0.955. The first-order valence-electron chi connectivity index (χ1n) is 4.90. The van der Waals surface area contributed by atoms with E-state index in [2.05, 4.69) is 9.97 Å². The van der Waals surface area contributed by atoms with Crippen LogP contribution in [-0.4, -0.2) is 15.1 Å². The molecule has 0 saturated carbocycles. The van der Waals surface area contributed by atoms with Gasteiger partial charge in [0.25, 0.3) is 0 Å². The van der Waals surface area contributed by atoms with Gasteiger partial charge in [-0.2, -0.15) is 0 Å². The van der Waals surface area contributed by atoms with E-state index in [0.717, 1.165) is 0 Å². The van der Waals surface area contributed by atoms with Gasteiger partial charge in [-0.15, -0.1) is 0 Å². The molecule has 0 saturated heterocycles. The van der Waals surface area contributed by atoms with Gasteiger partial charge >= 0.3 is 0 Å². The van der Waals surface area contributed by atoms with Crippen molar-refractivity contribution in [3.8, 4) is 0 Å². The maximum Gasteiger partial charge on any atom is 0.125 e. The van der Waals surface area contributed by atoms with Crippen LogP contribution in [0.3, 0.4) is 0 Å². The van der Waals surface area contributed by atoms with Crippen LogP contribution in [0.1, 0.15) is 23.2 Å². The molecule has 0 aliphatic heterocycles. The van der Waals surface area contributed by atoms with Crippen LogP contribution in [0.4, 0.5) is 4.39 Å². The summed E-state index contributed by atoms with van der Waals surface area (Å²) in [5.74, 6) is 0.204. The van der Waals surface area contributed by atoms with E-state index in [1.807, 2.05) is 0 Å². The average Bonchev–Trinajstić information content (AvgIpc) is 2.28. The van der Waals surface area contributed by atoms with Crippen molar-refractivity contribution in [2.45, 2.75) is 13.0 Å². The fraction of sp³-hybridized carbons (Fsp3) is 0.167. The second kappa shape index (κ2) is 4.37. The van der Waals surface area contributed by atoms with Gasteiger partial charge in [0.05, 0.1) is 5.69 Å². The van der Waals surface area contributed by atoms with Crippen molar-refractivity contribution in [3.05, 3.63) is 59.4 Å². The SMILES string of the molecule is Cc1nccc(C(O)c2cccc(F)c2)n1. The third-order valence-electron chi connectivity index (χ3n) is 2.24. The van der Waals surface area contributed by atoms with Gasteiger partial charge in [-0.1, -0.05) is 12.1 Å². The highest BCUT2D eigenvalue weighted by molar-refractivity contribution is 5.25. The van der Waals surface area contributed by atoms with Crippen LogP contribution in [0.25, 0.3) is 0 Å². The summed E-state index contributed by atoms with van der Waals surface area (Å²) >= 11 is 0. The van der Waals surface area contributed by atoms with E-state index < -0.39 is 6.10 Å². The lowest BCUT2D eigenvalue weighted by Crippen LogP contribution is -2.04. The van der Waals surface area contributed by atoms with Crippen LogP contribution in [0.2, 0.25) is 0 Å². The van der Waals surface area contributed by atoms with Crippen LogP contribution < -0.4 is 0 Å². The molecule has 0 bridgehead atoms. The fourth-order valence-electron chi connectivity index (χ4n) is 1.47. The molecule has 3 nitrogen and oxygen atoms in total. The van der Waals surface area contributed by atoms with Crippen molar-refractivity contribution in [2.24, 2.45) is 0 Å². The Kier molecular flexibility index (Phi) is 2.92. The number of nitrogens with zero attached hydrogens (tertiary/aromatic N) is 2. The zero-order valence-corrected chi connectivity index (χ0v) is 8.76. The minimum absolute atomic E-state index is 0.373. The maximum absolute atomic E-state index is 13.0. The number of rotatable bonds is 2. The van der Waals surface area contributed by atoms with Crippen LogP contribution in [0, 0.1) is 12.7 Å². The summed E-state index contributed by atoms with van der Waals surface area (Å²) in [5, 5.41) is 9.98. The Morgan fingerprint density at radius 3 is 2.81 bits per heavy atom. The van der Waals surface area contributed by atoms with Crippen molar-refractivity contribution in [1.29, 1.82) is 0 Å². The molecule has 2 aromatic rings. The average molecular weight is 218 g/mol. The number of halogens is 1. The van der Waals surface area contributed by atoms with Crippen LogP contribution in [0.15, 0.2) is 36.5 Å². The van der Waals surface area contributed by atoms with Gasteiger partial charge in [0.2, 0.25) is 0 Å². The molecule has 0 spiro atoms. The lowest BCUT2D eigenvalue weighted by atomic mass is 10.1. The fourth-order valence-corrected chi connectivity index (χ4v) is 1.47. The second-order valence-corrected chi connectivity index (χ2v) is 3.49. The Bertz CT molecular complexity index is 456. The Hall–Kier alpha value is -1.81. The predicted molar refractivity (Wildman–Crippen MR) is 57.2 cm³/mol. The van der Waals surface area contributed by atoms with Crippen molar-refractivity contribution in [2.75, 3.05) is 0 Å². The highest BCUT2D eigenvalue weighted by Gasteiger charge is 2.12. The lowest BCUT2D eigenvalue weighted by Gasteiger charge is -2.10. The number of aliphatic hydroxyl groups is 1. The number of aryl methyl sites for hydroxylation is 1. The van der Waals surface area contributed by atoms with Gasteiger partial charge in [-0.3, -0.25) is 0 Å². The molecule has 0 amide bonds. The number of benzene rings is 1. The minimum atomic E-state index is -0.919. The summed E-state index contributed by atoms with van der Waals surface area (Å²) in [7, 11) is 0. The van der Waals surface area contributed by atoms with Crippen molar-refractivity contribution < 1.29 is 9.50 Å². The van der Waals surface area contributed by atoms with E-state index in [9.17, 15) is 9.50 Å². The van der Waals surface area contributed by atoms with Gasteiger partial charge in [0.1, 0.15) is 17.7 Å². The molecule has 82 valence electrons. The first kappa shape index (κ1) is 10.7. The van der Waals surface area contributed by atoms with E-state index in [1.165, 1.54) is 12.1 Å². The molecule has 16 heavy (non-hydrogen) atoms. The molecule has 1 aromatic heterocycles. The molecule has 0 fully saturated rings.